The summed E-state index contributed by atoms with van der Waals surface area (Å²) in [4.78, 5) is 23.1. The zero-order chi connectivity index (χ0) is 15.4. The lowest BCUT2D eigenvalue weighted by molar-refractivity contribution is -0.143. The van der Waals surface area contributed by atoms with Crippen molar-refractivity contribution in [3.05, 3.63) is 17.0 Å². The second-order valence-corrected chi connectivity index (χ2v) is 5.68. The molecule has 2 N–H and O–H groups in total. The Balaban J connectivity index is 1.85. The van der Waals surface area contributed by atoms with Gasteiger partial charge in [0, 0.05) is 6.54 Å². The van der Waals surface area contributed by atoms with Crippen LogP contribution in [0, 0.1) is 18.8 Å². The summed E-state index contributed by atoms with van der Waals surface area (Å²) in [6.07, 6.45) is 3.75. The normalized spacial score (nSPS) is 22.0. The fourth-order valence-electron chi connectivity index (χ4n) is 2.89. The Hall–Kier alpha value is -1.85. The number of carboxylic acid groups (broad SMARTS) is 1. The van der Waals surface area contributed by atoms with E-state index in [0.717, 1.165) is 12.8 Å². The standard InChI is InChI=1S/C15H22N2O4/c1-3-12-13(9(2)21-17-12)14(18)16-8-10-4-6-11(7-5-10)15(19)20/h10-11H,3-8H2,1-2H3,(H,16,18)(H,19,20). The number of aliphatic carboxylic acids is 1. The molecule has 6 nitrogen and oxygen atoms in total. The van der Waals surface area contributed by atoms with E-state index in [1.54, 1.807) is 6.92 Å². The molecule has 0 unspecified atom stereocenters. The number of hydrogen-bond donors (Lipinski definition) is 2. The van der Waals surface area contributed by atoms with Crippen molar-refractivity contribution in [1.82, 2.24) is 10.5 Å². The van der Waals surface area contributed by atoms with Gasteiger partial charge in [-0.3, -0.25) is 9.59 Å². The van der Waals surface area contributed by atoms with Crippen LogP contribution in [-0.2, 0) is 11.2 Å². The van der Waals surface area contributed by atoms with Crippen LogP contribution in [0.1, 0.15) is 54.4 Å². The predicted molar refractivity (Wildman–Crippen MR) is 76.0 cm³/mol. The van der Waals surface area contributed by atoms with Crippen molar-refractivity contribution in [3.63, 3.8) is 0 Å². The number of nitrogens with zero attached hydrogens (tertiary/aromatic N) is 1. The summed E-state index contributed by atoms with van der Waals surface area (Å²) in [6.45, 7) is 4.25. The molecule has 1 aromatic rings. The molecule has 1 heterocycles. The molecule has 0 atom stereocenters. The summed E-state index contributed by atoms with van der Waals surface area (Å²) in [7, 11) is 0. The smallest absolute Gasteiger partial charge is 0.306 e. The van der Waals surface area contributed by atoms with Gasteiger partial charge in [-0.15, -0.1) is 0 Å². The fourth-order valence-corrected chi connectivity index (χ4v) is 2.89. The van der Waals surface area contributed by atoms with E-state index in [-0.39, 0.29) is 11.8 Å². The Morgan fingerprint density at radius 2 is 2.00 bits per heavy atom. The molecule has 1 saturated carbocycles. The van der Waals surface area contributed by atoms with Crippen LogP contribution in [0.5, 0.6) is 0 Å². The third-order valence-electron chi connectivity index (χ3n) is 4.24. The van der Waals surface area contributed by atoms with Gasteiger partial charge in [0.15, 0.2) is 0 Å². The molecule has 0 spiro atoms. The quantitative estimate of drug-likeness (QED) is 0.868. The third kappa shape index (κ3) is 3.62. The van der Waals surface area contributed by atoms with E-state index in [4.69, 9.17) is 9.63 Å². The minimum Gasteiger partial charge on any atom is -0.481 e. The average molecular weight is 294 g/mol. The molecule has 0 saturated heterocycles. The highest BCUT2D eigenvalue weighted by molar-refractivity contribution is 5.96. The second kappa shape index (κ2) is 6.74. The van der Waals surface area contributed by atoms with Crippen LogP contribution in [0.4, 0.5) is 0 Å². The highest BCUT2D eigenvalue weighted by atomic mass is 16.5. The van der Waals surface area contributed by atoms with Crippen molar-refractivity contribution in [2.24, 2.45) is 11.8 Å². The topological polar surface area (TPSA) is 92.4 Å². The number of amides is 1. The SMILES string of the molecule is CCc1noc(C)c1C(=O)NCC1CCC(C(=O)O)CC1. The average Bonchev–Trinajstić information content (AvgIpc) is 2.86. The molecule has 116 valence electrons. The van der Waals surface area contributed by atoms with E-state index < -0.39 is 5.97 Å². The minimum atomic E-state index is -0.704. The summed E-state index contributed by atoms with van der Waals surface area (Å²) >= 11 is 0. The Bertz CT molecular complexity index is 516. The summed E-state index contributed by atoms with van der Waals surface area (Å²) in [6, 6.07) is 0. The number of hydrogen-bond acceptors (Lipinski definition) is 4. The van der Waals surface area contributed by atoms with Crippen LogP contribution in [-0.4, -0.2) is 28.7 Å². The zero-order valence-electron chi connectivity index (χ0n) is 12.5. The molecular weight excluding hydrogens is 272 g/mol. The molecule has 0 radical (unpaired) electrons. The van der Waals surface area contributed by atoms with Crippen LogP contribution in [0.25, 0.3) is 0 Å². The number of carbonyl (C=O) groups excluding carboxylic acids is 1. The fraction of sp³-hybridized carbons (Fsp3) is 0.667. The van der Waals surface area contributed by atoms with E-state index in [1.807, 2.05) is 6.92 Å². The van der Waals surface area contributed by atoms with Crippen molar-refractivity contribution >= 4 is 11.9 Å². The maximum absolute atomic E-state index is 12.2. The van der Waals surface area contributed by atoms with Crippen LogP contribution in [0.2, 0.25) is 0 Å². The number of aromatic nitrogens is 1. The molecule has 1 aromatic heterocycles. The van der Waals surface area contributed by atoms with Crippen molar-refractivity contribution in [2.45, 2.75) is 46.0 Å². The van der Waals surface area contributed by atoms with Gasteiger partial charge in [-0.2, -0.15) is 0 Å². The Kier molecular flexibility index (Phi) is 4.98. The van der Waals surface area contributed by atoms with Gasteiger partial charge in [0.25, 0.3) is 5.91 Å². The number of nitrogens with one attached hydrogen (secondary N) is 1. The highest BCUT2D eigenvalue weighted by Gasteiger charge is 2.26. The molecule has 0 aliphatic heterocycles. The third-order valence-corrected chi connectivity index (χ3v) is 4.24. The van der Waals surface area contributed by atoms with E-state index in [2.05, 4.69) is 10.5 Å². The molecule has 6 heteroatoms. The molecule has 1 aliphatic rings. The van der Waals surface area contributed by atoms with Gasteiger partial charge in [0.2, 0.25) is 0 Å². The lowest BCUT2D eigenvalue weighted by atomic mass is 9.82. The van der Waals surface area contributed by atoms with Crippen molar-refractivity contribution in [2.75, 3.05) is 6.54 Å². The van der Waals surface area contributed by atoms with Gasteiger partial charge in [-0.1, -0.05) is 12.1 Å². The van der Waals surface area contributed by atoms with Crippen LogP contribution in [0.15, 0.2) is 4.52 Å². The van der Waals surface area contributed by atoms with E-state index >= 15 is 0 Å². The molecule has 1 aliphatic carbocycles. The zero-order valence-corrected chi connectivity index (χ0v) is 12.5. The first-order valence-corrected chi connectivity index (χ1v) is 7.49. The summed E-state index contributed by atoms with van der Waals surface area (Å²) in [5, 5.41) is 15.8. The maximum atomic E-state index is 12.2. The summed E-state index contributed by atoms with van der Waals surface area (Å²) < 4.78 is 5.06. The van der Waals surface area contributed by atoms with Gasteiger partial charge in [0.1, 0.15) is 11.3 Å². The minimum absolute atomic E-state index is 0.147. The van der Waals surface area contributed by atoms with Crippen molar-refractivity contribution < 1.29 is 19.2 Å². The largest absolute Gasteiger partial charge is 0.481 e. The van der Waals surface area contributed by atoms with Crippen LogP contribution in [0.3, 0.4) is 0 Å². The Morgan fingerprint density at radius 3 is 2.57 bits per heavy atom. The number of carbonyl (C=O) groups is 2. The molecule has 1 amide bonds. The summed E-state index contributed by atoms with van der Waals surface area (Å²) in [5.74, 6) is -0.172. The second-order valence-electron chi connectivity index (χ2n) is 5.68. The van der Waals surface area contributed by atoms with Gasteiger partial charge >= 0.3 is 5.97 Å². The number of aryl methyl sites for hydroxylation is 2. The van der Waals surface area contributed by atoms with E-state index in [0.29, 0.717) is 48.7 Å². The number of rotatable bonds is 5. The first-order chi connectivity index (χ1) is 10.0. The van der Waals surface area contributed by atoms with E-state index in [9.17, 15) is 9.59 Å². The predicted octanol–water partition coefficient (Wildman–Crippen LogP) is 2.17. The molecular formula is C15H22N2O4. The van der Waals surface area contributed by atoms with E-state index in [1.165, 1.54) is 0 Å². The Labute approximate surface area is 123 Å². The van der Waals surface area contributed by atoms with Gasteiger partial charge in [-0.05, 0) is 44.9 Å². The molecule has 1 fully saturated rings. The van der Waals surface area contributed by atoms with Gasteiger partial charge in [-0.25, -0.2) is 0 Å². The number of carboxylic acids is 1. The molecule has 0 aromatic carbocycles. The monoisotopic (exact) mass is 294 g/mol. The summed E-state index contributed by atoms with van der Waals surface area (Å²) in [5.41, 5.74) is 1.22. The molecule has 0 bridgehead atoms. The lowest BCUT2D eigenvalue weighted by Crippen LogP contribution is -2.33. The Morgan fingerprint density at radius 1 is 1.33 bits per heavy atom. The molecule has 2 rings (SSSR count). The van der Waals surface area contributed by atoms with Gasteiger partial charge in [0.05, 0.1) is 11.6 Å². The van der Waals surface area contributed by atoms with Gasteiger partial charge < -0.3 is 14.9 Å². The van der Waals surface area contributed by atoms with Crippen molar-refractivity contribution in [3.8, 4) is 0 Å². The highest BCUT2D eigenvalue weighted by Crippen LogP contribution is 2.28. The van der Waals surface area contributed by atoms with Crippen LogP contribution >= 0.6 is 0 Å². The first-order valence-electron chi connectivity index (χ1n) is 7.49. The van der Waals surface area contributed by atoms with Crippen molar-refractivity contribution in [1.29, 1.82) is 0 Å². The van der Waals surface area contributed by atoms with Crippen LogP contribution < -0.4 is 5.32 Å². The first kappa shape index (κ1) is 15.5. The maximum Gasteiger partial charge on any atom is 0.306 e. The lowest BCUT2D eigenvalue weighted by Gasteiger charge is -2.26. The molecule has 21 heavy (non-hydrogen) atoms.